The first-order valence-corrected chi connectivity index (χ1v) is 9.05. The molecule has 2 nitrogen and oxygen atoms in total. The Morgan fingerprint density at radius 1 is 0.760 bits per heavy atom. The van der Waals surface area contributed by atoms with Gasteiger partial charge < -0.3 is 0 Å². The summed E-state index contributed by atoms with van der Waals surface area (Å²) in [6.07, 6.45) is 0. The lowest BCUT2D eigenvalue weighted by atomic mass is 10.1. The smallest absolute Gasteiger partial charge is 0.0934 e. The molecule has 1 aromatic heterocycles. The third-order valence-electron chi connectivity index (χ3n) is 3.99. The molecule has 0 radical (unpaired) electrons. The predicted molar refractivity (Wildman–Crippen MR) is 107 cm³/mol. The molecule has 0 amide bonds. The molecule has 3 aromatic carbocycles. The Hall–Kier alpha value is -2.36. The largest absolute Gasteiger partial charge is 0.232 e. The standard InChI is InChI=1S/C21H14BrClN2/c22-17-10-6-15(7-11-17)20-14-21(16-8-12-18(23)13-9-16)25(24-20)19-4-2-1-3-5-19/h1-14H. The van der Waals surface area contributed by atoms with Crippen molar-refractivity contribution in [3.05, 3.63) is 94.4 Å². The van der Waals surface area contributed by atoms with Gasteiger partial charge in [-0.15, -0.1) is 0 Å². The fourth-order valence-corrected chi connectivity index (χ4v) is 3.13. The molecule has 1 heterocycles. The van der Waals surface area contributed by atoms with Crippen LogP contribution in [0, 0.1) is 0 Å². The maximum atomic E-state index is 6.04. The monoisotopic (exact) mass is 408 g/mol. The SMILES string of the molecule is Clc1ccc(-c2cc(-c3ccc(Br)cc3)nn2-c2ccccc2)cc1. The third-order valence-corrected chi connectivity index (χ3v) is 4.77. The van der Waals surface area contributed by atoms with Gasteiger partial charge in [0.25, 0.3) is 0 Å². The van der Waals surface area contributed by atoms with Gasteiger partial charge in [0.1, 0.15) is 0 Å². The Morgan fingerprint density at radius 3 is 2.08 bits per heavy atom. The van der Waals surface area contributed by atoms with Gasteiger partial charge in [0.2, 0.25) is 0 Å². The van der Waals surface area contributed by atoms with Gasteiger partial charge in [-0.2, -0.15) is 5.10 Å². The second-order valence-electron chi connectivity index (χ2n) is 5.68. The van der Waals surface area contributed by atoms with Crippen molar-refractivity contribution in [1.82, 2.24) is 9.78 Å². The molecule has 0 fully saturated rings. The molecule has 0 unspecified atom stereocenters. The van der Waals surface area contributed by atoms with Crippen molar-refractivity contribution in [2.24, 2.45) is 0 Å². The number of para-hydroxylation sites is 1. The highest BCUT2D eigenvalue weighted by Gasteiger charge is 2.13. The van der Waals surface area contributed by atoms with E-state index >= 15 is 0 Å². The summed E-state index contributed by atoms with van der Waals surface area (Å²) in [7, 11) is 0. The number of nitrogens with zero attached hydrogens (tertiary/aromatic N) is 2. The van der Waals surface area contributed by atoms with E-state index in [1.54, 1.807) is 0 Å². The van der Waals surface area contributed by atoms with Crippen LogP contribution in [0.1, 0.15) is 0 Å². The van der Waals surface area contributed by atoms with Gasteiger partial charge in [0.05, 0.1) is 17.1 Å². The summed E-state index contributed by atoms with van der Waals surface area (Å²) in [6, 6.07) is 28.3. The van der Waals surface area contributed by atoms with Gasteiger partial charge >= 0.3 is 0 Å². The van der Waals surface area contributed by atoms with Crippen molar-refractivity contribution < 1.29 is 0 Å². The topological polar surface area (TPSA) is 17.8 Å². The second-order valence-corrected chi connectivity index (χ2v) is 7.03. The molecular weight excluding hydrogens is 396 g/mol. The number of aromatic nitrogens is 2. The number of hydrogen-bond donors (Lipinski definition) is 0. The maximum Gasteiger partial charge on any atom is 0.0934 e. The Balaban J connectivity index is 1.89. The van der Waals surface area contributed by atoms with Crippen molar-refractivity contribution >= 4 is 27.5 Å². The normalized spacial score (nSPS) is 10.8. The lowest BCUT2D eigenvalue weighted by Crippen LogP contribution is -1.98. The van der Waals surface area contributed by atoms with E-state index in [9.17, 15) is 0 Å². The minimum absolute atomic E-state index is 0.725. The zero-order valence-corrected chi connectivity index (χ0v) is 15.6. The molecule has 0 bridgehead atoms. The van der Waals surface area contributed by atoms with Crippen LogP contribution < -0.4 is 0 Å². The number of halogens is 2. The first kappa shape index (κ1) is 16.1. The van der Waals surface area contributed by atoms with Gasteiger partial charge in [-0.05, 0) is 42.5 Å². The van der Waals surface area contributed by atoms with E-state index in [1.807, 2.05) is 59.3 Å². The summed E-state index contributed by atoms with van der Waals surface area (Å²) in [4.78, 5) is 0. The highest BCUT2D eigenvalue weighted by Crippen LogP contribution is 2.30. The summed E-state index contributed by atoms with van der Waals surface area (Å²) in [6.45, 7) is 0. The Kier molecular flexibility index (Phi) is 4.43. The van der Waals surface area contributed by atoms with Crippen LogP contribution in [0.5, 0.6) is 0 Å². The van der Waals surface area contributed by atoms with E-state index in [-0.39, 0.29) is 0 Å². The Bertz CT molecular complexity index is 991. The van der Waals surface area contributed by atoms with Crippen molar-refractivity contribution in [2.75, 3.05) is 0 Å². The molecule has 4 aromatic rings. The van der Waals surface area contributed by atoms with E-state index in [2.05, 4.69) is 46.3 Å². The van der Waals surface area contributed by atoms with Crippen LogP contribution in [0.2, 0.25) is 5.02 Å². The minimum Gasteiger partial charge on any atom is -0.232 e. The van der Waals surface area contributed by atoms with Crippen molar-refractivity contribution in [1.29, 1.82) is 0 Å². The molecule has 122 valence electrons. The molecule has 0 aliphatic carbocycles. The highest BCUT2D eigenvalue weighted by atomic mass is 79.9. The lowest BCUT2D eigenvalue weighted by molar-refractivity contribution is 0.892. The molecular formula is C21H14BrClN2. The highest BCUT2D eigenvalue weighted by molar-refractivity contribution is 9.10. The zero-order valence-electron chi connectivity index (χ0n) is 13.2. The van der Waals surface area contributed by atoms with Gasteiger partial charge in [-0.3, -0.25) is 0 Å². The molecule has 0 atom stereocenters. The van der Waals surface area contributed by atoms with E-state index in [0.717, 1.165) is 37.7 Å². The average Bonchev–Trinajstić information content (AvgIpc) is 3.09. The summed E-state index contributed by atoms with van der Waals surface area (Å²) < 4.78 is 3.03. The van der Waals surface area contributed by atoms with Gasteiger partial charge in [-0.25, -0.2) is 4.68 Å². The summed E-state index contributed by atoms with van der Waals surface area (Å²) in [5.74, 6) is 0. The van der Waals surface area contributed by atoms with Crippen LogP contribution in [0.4, 0.5) is 0 Å². The quantitative estimate of drug-likeness (QED) is 0.371. The van der Waals surface area contributed by atoms with Crippen LogP contribution in [-0.2, 0) is 0 Å². The number of hydrogen-bond acceptors (Lipinski definition) is 1. The van der Waals surface area contributed by atoms with E-state index in [1.165, 1.54) is 0 Å². The number of benzene rings is 3. The molecule has 0 aliphatic rings. The molecule has 0 aliphatic heterocycles. The molecule has 0 spiro atoms. The van der Waals surface area contributed by atoms with E-state index < -0.39 is 0 Å². The second kappa shape index (κ2) is 6.87. The first-order valence-electron chi connectivity index (χ1n) is 7.88. The van der Waals surface area contributed by atoms with Crippen molar-refractivity contribution in [3.63, 3.8) is 0 Å². The van der Waals surface area contributed by atoms with E-state index in [4.69, 9.17) is 16.7 Å². The molecule has 0 N–H and O–H groups in total. The lowest BCUT2D eigenvalue weighted by Gasteiger charge is -2.07. The van der Waals surface area contributed by atoms with E-state index in [0.29, 0.717) is 0 Å². The fraction of sp³-hybridized carbons (Fsp3) is 0. The van der Waals surface area contributed by atoms with Gasteiger partial charge in [0, 0.05) is 20.6 Å². The Labute approximate surface area is 159 Å². The summed E-state index contributed by atoms with van der Waals surface area (Å²) >= 11 is 9.52. The molecule has 0 saturated heterocycles. The van der Waals surface area contributed by atoms with Crippen LogP contribution in [0.3, 0.4) is 0 Å². The summed E-state index contributed by atoms with van der Waals surface area (Å²) in [5.41, 5.74) is 5.13. The number of rotatable bonds is 3. The van der Waals surface area contributed by atoms with Crippen molar-refractivity contribution in [3.8, 4) is 28.2 Å². The molecule has 0 saturated carbocycles. The van der Waals surface area contributed by atoms with Crippen LogP contribution in [0.15, 0.2) is 89.4 Å². The van der Waals surface area contributed by atoms with Crippen LogP contribution in [0.25, 0.3) is 28.2 Å². The molecule has 4 heteroatoms. The van der Waals surface area contributed by atoms with Crippen LogP contribution in [-0.4, -0.2) is 9.78 Å². The fourth-order valence-electron chi connectivity index (χ4n) is 2.74. The predicted octanol–water partition coefficient (Wildman–Crippen LogP) is 6.62. The minimum atomic E-state index is 0.725. The van der Waals surface area contributed by atoms with Crippen LogP contribution >= 0.6 is 27.5 Å². The first-order chi connectivity index (χ1) is 12.2. The van der Waals surface area contributed by atoms with Crippen molar-refractivity contribution in [2.45, 2.75) is 0 Å². The van der Waals surface area contributed by atoms with Gasteiger partial charge in [-0.1, -0.05) is 70.0 Å². The maximum absolute atomic E-state index is 6.04. The molecule has 25 heavy (non-hydrogen) atoms. The zero-order chi connectivity index (χ0) is 17.2. The summed E-state index contributed by atoms with van der Waals surface area (Å²) in [5, 5.41) is 5.57. The third kappa shape index (κ3) is 3.39. The molecule has 4 rings (SSSR count). The average molecular weight is 410 g/mol. The van der Waals surface area contributed by atoms with Gasteiger partial charge in [0.15, 0.2) is 0 Å². The Morgan fingerprint density at radius 2 is 1.40 bits per heavy atom.